The minimum atomic E-state index is -0.193. The van der Waals surface area contributed by atoms with E-state index in [0.717, 1.165) is 19.3 Å². The van der Waals surface area contributed by atoms with Crippen LogP contribution >= 0.6 is 0 Å². The van der Waals surface area contributed by atoms with E-state index in [0.29, 0.717) is 12.3 Å². The number of carbonyl (C=O) groups excluding carboxylic acids is 1. The average Bonchev–Trinajstić information content (AvgIpc) is 2.39. The SMILES string of the molecule is CC=CCC(C)C(OC)C(NC)C(=O)CCCC. The van der Waals surface area contributed by atoms with Gasteiger partial charge in [-0.15, -0.1) is 0 Å². The molecule has 0 spiro atoms. The minimum absolute atomic E-state index is 0.0597. The van der Waals surface area contributed by atoms with Crippen LogP contribution in [0.5, 0.6) is 0 Å². The van der Waals surface area contributed by atoms with Crippen LogP contribution in [0.2, 0.25) is 0 Å². The maximum atomic E-state index is 12.2. The van der Waals surface area contributed by atoms with E-state index in [1.165, 1.54) is 0 Å². The van der Waals surface area contributed by atoms with Crippen LogP contribution in [0.4, 0.5) is 0 Å². The van der Waals surface area contributed by atoms with E-state index in [2.05, 4.69) is 25.2 Å². The number of hydrogen-bond donors (Lipinski definition) is 1. The summed E-state index contributed by atoms with van der Waals surface area (Å²) < 4.78 is 5.55. The molecule has 0 saturated heterocycles. The number of allylic oxidation sites excluding steroid dienone is 2. The number of likely N-dealkylation sites (N-methyl/N-ethyl adjacent to an activating group) is 1. The average molecular weight is 255 g/mol. The van der Waals surface area contributed by atoms with Gasteiger partial charge in [0.25, 0.3) is 0 Å². The monoisotopic (exact) mass is 255 g/mol. The Morgan fingerprint density at radius 2 is 2.11 bits per heavy atom. The van der Waals surface area contributed by atoms with E-state index < -0.39 is 0 Å². The van der Waals surface area contributed by atoms with E-state index >= 15 is 0 Å². The van der Waals surface area contributed by atoms with E-state index in [9.17, 15) is 4.79 Å². The van der Waals surface area contributed by atoms with Crippen LogP contribution in [-0.4, -0.2) is 32.1 Å². The molecule has 0 fully saturated rings. The Balaban J connectivity index is 4.59. The van der Waals surface area contributed by atoms with Crippen molar-refractivity contribution in [2.24, 2.45) is 5.92 Å². The van der Waals surface area contributed by atoms with Gasteiger partial charge >= 0.3 is 0 Å². The summed E-state index contributed by atoms with van der Waals surface area (Å²) in [5, 5.41) is 3.12. The van der Waals surface area contributed by atoms with Crippen molar-refractivity contribution in [2.75, 3.05) is 14.2 Å². The molecule has 0 aliphatic heterocycles. The predicted octanol–water partition coefficient (Wildman–Crippen LogP) is 2.95. The zero-order valence-corrected chi connectivity index (χ0v) is 12.5. The first-order valence-electron chi connectivity index (χ1n) is 6.96. The molecule has 3 atom stereocenters. The highest BCUT2D eigenvalue weighted by molar-refractivity contribution is 5.84. The number of hydrogen-bond acceptors (Lipinski definition) is 3. The Hall–Kier alpha value is -0.670. The summed E-state index contributed by atoms with van der Waals surface area (Å²) in [4.78, 5) is 12.2. The zero-order chi connectivity index (χ0) is 14.0. The van der Waals surface area contributed by atoms with E-state index in [1.54, 1.807) is 7.11 Å². The van der Waals surface area contributed by atoms with Crippen LogP contribution in [0.3, 0.4) is 0 Å². The van der Waals surface area contributed by atoms with Crippen LogP contribution < -0.4 is 5.32 Å². The Morgan fingerprint density at radius 3 is 2.56 bits per heavy atom. The number of Topliss-reactive ketones (excluding diaryl/α,β-unsaturated/α-hetero) is 1. The third kappa shape index (κ3) is 5.78. The predicted molar refractivity (Wildman–Crippen MR) is 76.8 cm³/mol. The molecule has 0 rings (SSSR count). The number of ketones is 1. The summed E-state index contributed by atoms with van der Waals surface area (Å²) in [5.74, 6) is 0.591. The molecule has 0 aromatic carbocycles. The molecule has 3 unspecified atom stereocenters. The molecule has 106 valence electrons. The first-order chi connectivity index (χ1) is 8.62. The van der Waals surface area contributed by atoms with Crippen molar-refractivity contribution < 1.29 is 9.53 Å². The van der Waals surface area contributed by atoms with Crippen molar-refractivity contribution in [1.29, 1.82) is 0 Å². The number of ether oxygens (including phenoxy) is 1. The molecule has 18 heavy (non-hydrogen) atoms. The van der Waals surface area contributed by atoms with Gasteiger partial charge in [-0.25, -0.2) is 0 Å². The van der Waals surface area contributed by atoms with Crippen molar-refractivity contribution in [2.45, 2.75) is 58.6 Å². The fourth-order valence-electron chi connectivity index (χ4n) is 2.20. The molecule has 3 heteroatoms. The number of nitrogens with one attached hydrogen (secondary N) is 1. The van der Waals surface area contributed by atoms with Crippen molar-refractivity contribution >= 4 is 5.78 Å². The molecule has 3 nitrogen and oxygen atoms in total. The molecule has 0 aliphatic carbocycles. The topological polar surface area (TPSA) is 38.3 Å². The van der Waals surface area contributed by atoms with Gasteiger partial charge in [-0.05, 0) is 32.7 Å². The molecule has 0 saturated carbocycles. The third-order valence-corrected chi connectivity index (χ3v) is 3.34. The van der Waals surface area contributed by atoms with Crippen molar-refractivity contribution in [3.8, 4) is 0 Å². The Morgan fingerprint density at radius 1 is 1.44 bits per heavy atom. The minimum Gasteiger partial charge on any atom is -0.379 e. The first kappa shape index (κ1) is 17.3. The molecular formula is C15H29NO2. The third-order valence-electron chi connectivity index (χ3n) is 3.34. The second kappa shape index (κ2) is 10.3. The highest BCUT2D eigenvalue weighted by Gasteiger charge is 2.29. The molecule has 1 N–H and O–H groups in total. The van der Waals surface area contributed by atoms with Gasteiger partial charge in [0.05, 0.1) is 12.1 Å². The van der Waals surface area contributed by atoms with Crippen LogP contribution in [0.1, 0.15) is 46.5 Å². The Kier molecular flexibility index (Phi) is 9.89. The van der Waals surface area contributed by atoms with Crippen LogP contribution in [0.25, 0.3) is 0 Å². The lowest BCUT2D eigenvalue weighted by atomic mass is 9.90. The fourth-order valence-corrected chi connectivity index (χ4v) is 2.20. The van der Waals surface area contributed by atoms with Crippen LogP contribution in [0.15, 0.2) is 12.2 Å². The summed E-state index contributed by atoms with van der Waals surface area (Å²) >= 11 is 0. The van der Waals surface area contributed by atoms with Gasteiger partial charge < -0.3 is 10.1 Å². The Labute approximate surface area is 112 Å². The molecular weight excluding hydrogens is 226 g/mol. The molecule has 0 aromatic rings. The largest absolute Gasteiger partial charge is 0.379 e. The Bertz CT molecular complexity index is 251. The lowest BCUT2D eigenvalue weighted by Crippen LogP contribution is -2.48. The summed E-state index contributed by atoms with van der Waals surface area (Å²) in [5.41, 5.74) is 0. The van der Waals surface area contributed by atoms with Gasteiger partial charge in [-0.3, -0.25) is 4.79 Å². The zero-order valence-electron chi connectivity index (χ0n) is 12.5. The summed E-state index contributed by atoms with van der Waals surface area (Å²) in [6.07, 6.45) is 7.68. The molecule has 0 aromatic heterocycles. The number of rotatable bonds is 10. The summed E-state index contributed by atoms with van der Waals surface area (Å²) in [6, 6.07) is -0.193. The fraction of sp³-hybridized carbons (Fsp3) is 0.800. The first-order valence-corrected chi connectivity index (χ1v) is 6.96. The summed E-state index contributed by atoms with van der Waals surface area (Å²) in [7, 11) is 3.52. The number of methoxy groups -OCH3 is 1. The lowest BCUT2D eigenvalue weighted by molar-refractivity contribution is -0.125. The van der Waals surface area contributed by atoms with Gasteiger partial charge in [-0.1, -0.05) is 32.4 Å². The van der Waals surface area contributed by atoms with Crippen LogP contribution in [0, 0.1) is 5.92 Å². The summed E-state index contributed by atoms with van der Waals surface area (Å²) in [6.45, 7) is 6.24. The van der Waals surface area contributed by atoms with Gasteiger partial charge in [0.1, 0.15) is 0 Å². The maximum Gasteiger partial charge on any atom is 0.152 e. The van der Waals surface area contributed by atoms with Gasteiger partial charge in [-0.2, -0.15) is 0 Å². The molecule has 0 amide bonds. The van der Waals surface area contributed by atoms with Crippen molar-refractivity contribution in [3.63, 3.8) is 0 Å². The lowest BCUT2D eigenvalue weighted by Gasteiger charge is -2.29. The maximum absolute atomic E-state index is 12.2. The molecule has 0 bridgehead atoms. The normalized spacial score (nSPS) is 16.7. The smallest absolute Gasteiger partial charge is 0.152 e. The van der Waals surface area contributed by atoms with Crippen LogP contribution in [-0.2, 0) is 9.53 Å². The molecule has 0 heterocycles. The number of unbranched alkanes of at least 4 members (excludes halogenated alkanes) is 1. The second-order valence-corrected chi connectivity index (χ2v) is 4.82. The number of carbonyl (C=O) groups is 1. The van der Waals surface area contributed by atoms with Gasteiger partial charge in [0, 0.05) is 13.5 Å². The second-order valence-electron chi connectivity index (χ2n) is 4.82. The van der Waals surface area contributed by atoms with E-state index in [-0.39, 0.29) is 17.9 Å². The van der Waals surface area contributed by atoms with E-state index in [4.69, 9.17) is 4.74 Å². The quantitative estimate of drug-likeness (QED) is 0.610. The standard InChI is InChI=1S/C15H29NO2/c1-6-8-10-12(3)15(18-5)14(16-4)13(17)11-9-7-2/h6,8,12,14-16H,7,9-11H2,1-5H3. The highest BCUT2D eigenvalue weighted by Crippen LogP contribution is 2.17. The van der Waals surface area contributed by atoms with Gasteiger partial charge in [0.2, 0.25) is 0 Å². The van der Waals surface area contributed by atoms with E-state index in [1.807, 2.05) is 20.0 Å². The van der Waals surface area contributed by atoms with Crippen molar-refractivity contribution in [1.82, 2.24) is 5.32 Å². The molecule has 0 aliphatic rings. The van der Waals surface area contributed by atoms with Gasteiger partial charge in [0.15, 0.2) is 5.78 Å². The van der Waals surface area contributed by atoms with Crippen molar-refractivity contribution in [3.05, 3.63) is 12.2 Å². The molecule has 0 radical (unpaired) electrons. The highest BCUT2D eigenvalue weighted by atomic mass is 16.5.